The molecule has 0 amide bonds. The zero-order chi connectivity index (χ0) is 15.6. The highest BCUT2D eigenvalue weighted by Gasteiger charge is 2.12. The Balaban J connectivity index is 2.38. The largest absolute Gasteiger partial charge is 0.364 e. The van der Waals surface area contributed by atoms with Gasteiger partial charge in [0.1, 0.15) is 0 Å². The van der Waals surface area contributed by atoms with Gasteiger partial charge in [0.2, 0.25) is 16.5 Å². The molecule has 2 aromatic rings. The molecule has 0 saturated heterocycles. The van der Waals surface area contributed by atoms with Crippen LogP contribution in [0.1, 0.15) is 23.7 Å². The highest BCUT2D eigenvalue weighted by atomic mass is 35.5. The van der Waals surface area contributed by atoms with Gasteiger partial charge in [-0.1, -0.05) is 0 Å². The Morgan fingerprint density at radius 1 is 0.810 bits per heavy atom. The quantitative estimate of drug-likeness (QED) is 0.521. The molecule has 0 radical (unpaired) electrons. The second kappa shape index (κ2) is 6.48. The summed E-state index contributed by atoms with van der Waals surface area (Å²) < 4.78 is 0. The first-order valence-electron chi connectivity index (χ1n) is 5.56. The molecule has 1 aromatic heterocycles. The number of benzene rings is 1. The molecule has 0 aliphatic heterocycles. The van der Waals surface area contributed by atoms with E-state index in [0.717, 1.165) is 0 Å². The lowest BCUT2D eigenvalue weighted by atomic mass is 10.1. The van der Waals surface area contributed by atoms with Gasteiger partial charge in [-0.25, -0.2) is 0 Å². The third-order valence-electron chi connectivity index (χ3n) is 2.41. The van der Waals surface area contributed by atoms with Crippen molar-refractivity contribution >= 4 is 34.8 Å². The number of nitrogens with zero attached hydrogens (tertiary/aromatic N) is 3. The lowest BCUT2D eigenvalue weighted by Crippen LogP contribution is -2.04. The molecule has 1 aromatic carbocycles. The summed E-state index contributed by atoms with van der Waals surface area (Å²) in [5.74, 6) is 0.0166. The van der Waals surface area contributed by atoms with Crippen molar-refractivity contribution in [1.29, 1.82) is 0 Å². The molecule has 0 bridgehead atoms. The Kier molecular flexibility index (Phi) is 4.88. The van der Waals surface area contributed by atoms with Crippen LogP contribution in [0.25, 0.3) is 0 Å². The number of anilines is 2. The van der Waals surface area contributed by atoms with Gasteiger partial charge in [-0.05, 0) is 41.4 Å². The maximum absolute atomic E-state index is 9.19. The second-order valence-corrected chi connectivity index (χ2v) is 4.63. The van der Waals surface area contributed by atoms with Gasteiger partial charge in [0.05, 0.1) is 0 Å². The van der Waals surface area contributed by atoms with E-state index in [-0.39, 0.29) is 33.3 Å². The van der Waals surface area contributed by atoms with Crippen LogP contribution in [0.5, 0.6) is 0 Å². The average molecular weight is 333 g/mol. The zero-order valence-corrected chi connectivity index (χ0v) is 11.8. The first-order chi connectivity index (χ1) is 9.85. The van der Waals surface area contributed by atoms with Crippen molar-refractivity contribution in [2.75, 3.05) is 5.32 Å². The Hall–Kier alpha value is -1.55. The van der Waals surface area contributed by atoms with Crippen molar-refractivity contribution in [1.82, 2.24) is 15.0 Å². The van der Waals surface area contributed by atoms with Gasteiger partial charge in [-0.2, -0.15) is 15.0 Å². The molecule has 10 heteroatoms. The summed E-state index contributed by atoms with van der Waals surface area (Å²) in [4.78, 5) is 11.1. The number of hydrogen-bond acceptors (Lipinski definition) is 8. The number of aliphatic hydroxyl groups excluding tert-OH is 2. The van der Waals surface area contributed by atoms with Gasteiger partial charge in [0, 0.05) is 16.8 Å². The molecular weight excluding hydrogens is 323 g/mol. The van der Waals surface area contributed by atoms with Crippen molar-refractivity contribution in [3.63, 3.8) is 0 Å². The molecule has 0 unspecified atom stereocenters. The van der Waals surface area contributed by atoms with Gasteiger partial charge in [0.15, 0.2) is 12.6 Å². The monoisotopic (exact) mass is 332 g/mol. The SMILES string of the molecule is OC(O)c1cc(Nc2nc(Cl)nc(Cl)n2)cc(C(O)O)c1. The molecule has 0 aliphatic carbocycles. The molecule has 8 nitrogen and oxygen atoms in total. The van der Waals surface area contributed by atoms with E-state index in [4.69, 9.17) is 23.2 Å². The molecule has 0 atom stereocenters. The number of hydrogen-bond donors (Lipinski definition) is 5. The van der Waals surface area contributed by atoms with Crippen LogP contribution in [0.4, 0.5) is 11.6 Å². The summed E-state index contributed by atoms with van der Waals surface area (Å²) in [6, 6.07) is 3.96. The van der Waals surface area contributed by atoms with Crippen molar-refractivity contribution in [2.45, 2.75) is 12.6 Å². The molecule has 0 spiro atoms. The van der Waals surface area contributed by atoms with E-state index in [2.05, 4.69) is 20.3 Å². The summed E-state index contributed by atoms with van der Waals surface area (Å²) in [7, 11) is 0. The first kappa shape index (κ1) is 15.8. The summed E-state index contributed by atoms with van der Waals surface area (Å²) in [5.41, 5.74) is 0.380. The van der Waals surface area contributed by atoms with Gasteiger partial charge >= 0.3 is 0 Å². The van der Waals surface area contributed by atoms with Gasteiger partial charge in [0.25, 0.3) is 0 Å². The van der Waals surface area contributed by atoms with Crippen LogP contribution in [-0.2, 0) is 0 Å². The molecule has 0 aliphatic rings. The van der Waals surface area contributed by atoms with Crippen LogP contribution in [0, 0.1) is 0 Å². The molecule has 1 heterocycles. The maximum atomic E-state index is 9.19. The summed E-state index contributed by atoms with van der Waals surface area (Å²) in [6.45, 7) is 0. The fourth-order valence-electron chi connectivity index (χ4n) is 1.56. The van der Waals surface area contributed by atoms with Crippen LogP contribution >= 0.6 is 23.2 Å². The highest BCUT2D eigenvalue weighted by molar-refractivity contribution is 6.31. The molecule has 0 fully saturated rings. The number of nitrogens with one attached hydrogen (secondary N) is 1. The Bertz CT molecular complexity index is 608. The number of aliphatic hydroxyl groups is 4. The summed E-state index contributed by atoms with van der Waals surface area (Å²) in [5, 5.41) is 39.2. The van der Waals surface area contributed by atoms with Crippen molar-refractivity contribution in [3.8, 4) is 0 Å². The van der Waals surface area contributed by atoms with Crippen molar-refractivity contribution in [2.24, 2.45) is 0 Å². The second-order valence-electron chi connectivity index (χ2n) is 3.96. The minimum absolute atomic E-state index is 0.0166. The minimum Gasteiger partial charge on any atom is -0.364 e. The van der Waals surface area contributed by atoms with Crippen molar-refractivity contribution < 1.29 is 20.4 Å². The number of rotatable bonds is 4. The Labute approximate surface area is 128 Å². The van der Waals surface area contributed by atoms with Gasteiger partial charge < -0.3 is 25.7 Å². The smallest absolute Gasteiger partial charge is 0.232 e. The minimum atomic E-state index is -1.78. The van der Waals surface area contributed by atoms with E-state index in [1.54, 1.807) is 0 Å². The maximum Gasteiger partial charge on any atom is 0.232 e. The molecule has 5 N–H and O–H groups in total. The van der Waals surface area contributed by atoms with Crippen LogP contribution in [-0.4, -0.2) is 35.4 Å². The van der Waals surface area contributed by atoms with E-state index >= 15 is 0 Å². The van der Waals surface area contributed by atoms with Gasteiger partial charge in [-0.3, -0.25) is 0 Å². The van der Waals surface area contributed by atoms with Crippen molar-refractivity contribution in [3.05, 3.63) is 39.9 Å². The standard InChI is InChI=1S/C11H10Cl2N4O4/c12-9-15-10(13)17-11(16-9)14-6-2-4(7(18)19)1-5(3-6)8(20)21/h1-3,7-8,18-21H,(H,14,15,16,17). The molecule has 21 heavy (non-hydrogen) atoms. The lowest BCUT2D eigenvalue weighted by molar-refractivity contribution is -0.0474. The normalized spacial score (nSPS) is 11.2. The van der Waals surface area contributed by atoms with E-state index in [1.165, 1.54) is 18.2 Å². The lowest BCUT2D eigenvalue weighted by Gasteiger charge is -2.13. The van der Waals surface area contributed by atoms with E-state index in [1.807, 2.05) is 0 Å². The van der Waals surface area contributed by atoms with Crippen LogP contribution in [0.3, 0.4) is 0 Å². The topological polar surface area (TPSA) is 132 Å². The first-order valence-corrected chi connectivity index (χ1v) is 6.32. The summed E-state index contributed by atoms with van der Waals surface area (Å²) in [6.07, 6.45) is -3.57. The zero-order valence-electron chi connectivity index (χ0n) is 10.3. The number of aromatic nitrogens is 3. The van der Waals surface area contributed by atoms with E-state index < -0.39 is 12.6 Å². The summed E-state index contributed by atoms with van der Waals surface area (Å²) >= 11 is 11.3. The number of halogens is 2. The average Bonchev–Trinajstić information content (AvgIpc) is 2.36. The fraction of sp³-hybridized carbons (Fsp3) is 0.182. The van der Waals surface area contributed by atoms with E-state index in [0.29, 0.717) is 0 Å². The fourth-order valence-corrected chi connectivity index (χ4v) is 1.92. The predicted octanol–water partition coefficient (Wildman–Crippen LogP) is 0.888. The molecular formula is C11H10Cl2N4O4. The van der Waals surface area contributed by atoms with Crippen LogP contribution in [0.2, 0.25) is 10.6 Å². The molecule has 112 valence electrons. The van der Waals surface area contributed by atoms with E-state index in [9.17, 15) is 20.4 Å². The predicted molar refractivity (Wildman–Crippen MR) is 73.9 cm³/mol. The third kappa shape index (κ3) is 4.21. The van der Waals surface area contributed by atoms with Crippen LogP contribution < -0.4 is 5.32 Å². The third-order valence-corrected chi connectivity index (χ3v) is 2.75. The molecule has 0 saturated carbocycles. The highest BCUT2D eigenvalue weighted by Crippen LogP contribution is 2.24. The molecule has 2 rings (SSSR count). The van der Waals surface area contributed by atoms with Gasteiger partial charge in [-0.15, -0.1) is 0 Å². The van der Waals surface area contributed by atoms with Crippen LogP contribution in [0.15, 0.2) is 18.2 Å². The Morgan fingerprint density at radius 3 is 1.71 bits per heavy atom. The Morgan fingerprint density at radius 2 is 1.29 bits per heavy atom.